The maximum atomic E-state index is 13.6. The molecule has 0 saturated carbocycles. The molecule has 0 radical (unpaired) electrons. The summed E-state index contributed by atoms with van der Waals surface area (Å²) < 4.78 is 26.9. The first-order valence-electron chi connectivity index (χ1n) is 5.74. The Labute approximate surface area is 115 Å². The number of amides is 1. The molecule has 104 valence electrons. The third-order valence-electron chi connectivity index (χ3n) is 3.11. The van der Waals surface area contributed by atoms with Crippen LogP contribution in [0.25, 0.3) is 10.2 Å². The van der Waals surface area contributed by atoms with Crippen molar-refractivity contribution in [2.24, 2.45) is 5.92 Å². The molecule has 1 saturated heterocycles. The van der Waals surface area contributed by atoms with Crippen LogP contribution in [0, 0.1) is 17.6 Å². The van der Waals surface area contributed by atoms with Gasteiger partial charge in [0.15, 0.2) is 10.9 Å². The number of hydrogen-bond donors (Lipinski definition) is 1. The normalized spacial score (nSPS) is 19.0. The van der Waals surface area contributed by atoms with Gasteiger partial charge in [-0.15, -0.1) is 0 Å². The molecule has 5 nitrogen and oxygen atoms in total. The fourth-order valence-electron chi connectivity index (χ4n) is 2.12. The zero-order chi connectivity index (χ0) is 14.4. The van der Waals surface area contributed by atoms with Crippen molar-refractivity contribution in [3.05, 3.63) is 23.8 Å². The molecule has 20 heavy (non-hydrogen) atoms. The molecule has 1 fully saturated rings. The molecule has 3 rings (SSSR count). The maximum absolute atomic E-state index is 13.6. The van der Waals surface area contributed by atoms with Crippen molar-refractivity contribution < 1.29 is 23.5 Å². The molecular formula is C12H8F2N2O3S. The van der Waals surface area contributed by atoms with E-state index in [9.17, 15) is 18.4 Å². The van der Waals surface area contributed by atoms with Crippen LogP contribution in [0.2, 0.25) is 0 Å². The van der Waals surface area contributed by atoms with E-state index in [4.69, 9.17) is 5.11 Å². The summed E-state index contributed by atoms with van der Waals surface area (Å²) in [4.78, 5) is 27.8. The van der Waals surface area contributed by atoms with E-state index < -0.39 is 23.5 Å². The fourth-order valence-corrected chi connectivity index (χ4v) is 3.15. The molecule has 1 aliphatic rings. The lowest BCUT2D eigenvalue weighted by molar-refractivity contribution is -0.141. The van der Waals surface area contributed by atoms with Crippen molar-refractivity contribution in [3.63, 3.8) is 0 Å². The Morgan fingerprint density at radius 2 is 2.20 bits per heavy atom. The molecule has 1 amide bonds. The number of thiazole rings is 1. The van der Waals surface area contributed by atoms with Crippen molar-refractivity contribution in [1.82, 2.24) is 4.98 Å². The number of carbonyl (C=O) groups excluding carboxylic acids is 1. The van der Waals surface area contributed by atoms with Crippen LogP contribution in [0.5, 0.6) is 0 Å². The lowest BCUT2D eigenvalue weighted by Crippen LogP contribution is -2.25. The van der Waals surface area contributed by atoms with Gasteiger partial charge in [-0.25, -0.2) is 13.8 Å². The molecule has 1 aromatic carbocycles. The Morgan fingerprint density at radius 3 is 2.85 bits per heavy atom. The Kier molecular flexibility index (Phi) is 2.89. The smallest absolute Gasteiger partial charge is 0.308 e. The molecule has 1 N–H and O–H groups in total. The minimum Gasteiger partial charge on any atom is -0.481 e. The molecule has 0 bridgehead atoms. The van der Waals surface area contributed by atoms with Crippen molar-refractivity contribution in [2.75, 3.05) is 11.4 Å². The average molecular weight is 298 g/mol. The van der Waals surface area contributed by atoms with Crippen LogP contribution in [0.1, 0.15) is 6.42 Å². The lowest BCUT2D eigenvalue weighted by Gasteiger charge is -2.10. The maximum Gasteiger partial charge on any atom is 0.308 e. The Morgan fingerprint density at radius 1 is 1.45 bits per heavy atom. The van der Waals surface area contributed by atoms with E-state index in [0.29, 0.717) is 0 Å². The quantitative estimate of drug-likeness (QED) is 0.920. The summed E-state index contributed by atoms with van der Waals surface area (Å²) in [7, 11) is 0. The van der Waals surface area contributed by atoms with Crippen LogP contribution < -0.4 is 4.90 Å². The molecule has 2 heterocycles. The number of fused-ring (bicyclic) bond motifs is 1. The fraction of sp³-hybridized carbons (Fsp3) is 0.250. The number of anilines is 1. The second-order valence-electron chi connectivity index (χ2n) is 4.47. The molecule has 1 unspecified atom stereocenters. The number of aromatic nitrogens is 1. The SMILES string of the molecule is O=C(O)C1CC(=O)N(c2nc3c(F)cc(F)cc3s2)C1. The van der Waals surface area contributed by atoms with Crippen molar-refractivity contribution in [2.45, 2.75) is 6.42 Å². The zero-order valence-corrected chi connectivity index (χ0v) is 10.8. The third kappa shape index (κ3) is 2.01. The molecule has 1 aliphatic heterocycles. The lowest BCUT2D eigenvalue weighted by atomic mass is 10.1. The highest BCUT2D eigenvalue weighted by molar-refractivity contribution is 7.22. The number of halogens is 2. The first kappa shape index (κ1) is 12.9. The van der Waals surface area contributed by atoms with Gasteiger partial charge >= 0.3 is 5.97 Å². The van der Waals surface area contributed by atoms with Gasteiger partial charge in [0, 0.05) is 19.0 Å². The van der Waals surface area contributed by atoms with Gasteiger partial charge in [-0.3, -0.25) is 14.5 Å². The first-order valence-corrected chi connectivity index (χ1v) is 6.56. The van der Waals surface area contributed by atoms with Gasteiger partial charge in [0.05, 0.1) is 10.6 Å². The van der Waals surface area contributed by atoms with Crippen LogP contribution >= 0.6 is 11.3 Å². The highest BCUT2D eigenvalue weighted by atomic mass is 32.1. The summed E-state index contributed by atoms with van der Waals surface area (Å²) in [5, 5.41) is 9.10. The molecule has 1 atom stereocenters. The van der Waals surface area contributed by atoms with E-state index in [1.54, 1.807) is 0 Å². The largest absolute Gasteiger partial charge is 0.481 e. The summed E-state index contributed by atoms with van der Waals surface area (Å²) in [6.45, 7) is -0.00190. The number of aliphatic carboxylic acids is 1. The van der Waals surface area contributed by atoms with Crippen molar-refractivity contribution >= 4 is 38.6 Å². The van der Waals surface area contributed by atoms with Crippen LogP contribution in [0.15, 0.2) is 12.1 Å². The van der Waals surface area contributed by atoms with Gasteiger partial charge in [-0.05, 0) is 6.07 Å². The number of hydrogen-bond acceptors (Lipinski definition) is 4. The molecule has 8 heteroatoms. The standard InChI is InChI=1S/C12H8F2N2O3S/c13-6-2-7(14)10-8(3-6)20-12(15-10)16-4-5(11(18)19)1-9(16)17/h2-3,5H,1,4H2,(H,18,19). The Balaban J connectivity index is 2.01. The summed E-state index contributed by atoms with van der Waals surface area (Å²) in [5.41, 5.74) is -0.0158. The van der Waals surface area contributed by atoms with Crippen LogP contribution in [-0.2, 0) is 9.59 Å². The summed E-state index contributed by atoms with van der Waals surface area (Å²) in [6, 6.07) is 1.85. The topological polar surface area (TPSA) is 70.5 Å². The predicted molar refractivity (Wildman–Crippen MR) is 67.6 cm³/mol. The minimum atomic E-state index is -1.06. The number of nitrogens with zero attached hydrogens (tertiary/aromatic N) is 2. The summed E-state index contributed by atoms with van der Waals surface area (Å²) in [6.07, 6.45) is -0.109. The highest BCUT2D eigenvalue weighted by Gasteiger charge is 2.36. The van der Waals surface area contributed by atoms with Gasteiger partial charge in [0.2, 0.25) is 5.91 Å². The van der Waals surface area contributed by atoms with E-state index >= 15 is 0 Å². The monoisotopic (exact) mass is 298 g/mol. The molecule has 1 aromatic heterocycles. The van der Waals surface area contributed by atoms with Crippen LogP contribution in [-0.4, -0.2) is 28.5 Å². The van der Waals surface area contributed by atoms with Crippen LogP contribution in [0.4, 0.5) is 13.9 Å². The van der Waals surface area contributed by atoms with Gasteiger partial charge in [-0.2, -0.15) is 0 Å². The van der Waals surface area contributed by atoms with Gasteiger partial charge in [-0.1, -0.05) is 11.3 Å². The molecule has 0 spiro atoms. The van der Waals surface area contributed by atoms with Crippen molar-refractivity contribution in [3.8, 4) is 0 Å². The number of carboxylic acids is 1. The van der Waals surface area contributed by atoms with Crippen LogP contribution in [0.3, 0.4) is 0 Å². The first-order chi connectivity index (χ1) is 9.45. The minimum absolute atomic E-state index is 0.00190. The summed E-state index contributed by atoms with van der Waals surface area (Å²) >= 11 is 0.961. The van der Waals surface area contributed by atoms with Gasteiger partial charge in [0.25, 0.3) is 0 Å². The summed E-state index contributed by atoms with van der Waals surface area (Å²) in [5.74, 6) is -3.75. The highest BCUT2D eigenvalue weighted by Crippen LogP contribution is 2.34. The second-order valence-corrected chi connectivity index (χ2v) is 5.48. The number of carbonyl (C=O) groups is 2. The van der Waals surface area contributed by atoms with Gasteiger partial charge < -0.3 is 5.11 Å². The van der Waals surface area contributed by atoms with E-state index in [0.717, 1.165) is 23.5 Å². The molecule has 2 aromatic rings. The third-order valence-corrected chi connectivity index (χ3v) is 4.13. The molecular weight excluding hydrogens is 290 g/mol. The van der Waals surface area contributed by atoms with E-state index in [1.807, 2.05) is 0 Å². The number of rotatable bonds is 2. The number of carboxylic acid groups (broad SMARTS) is 1. The zero-order valence-electron chi connectivity index (χ0n) is 9.97. The van der Waals surface area contributed by atoms with E-state index in [-0.39, 0.29) is 34.2 Å². The predicted octanol–water partition coefficient (Wildman–Crippen LogP) is 2.01. The Bertz CT molecular complexity index is 731. The second kappa shape index (κ2) is 4.48. The Hall–Kier alpha value is -2.09. The van der Waals surface area contributed by atoms with Gasteiger partial charge in [0.1, 0.15) is 11.3 Å². The molecule has 0 aliphatic carbocycles. The van der Waals surface area contributed by atoms with Crippen molar-refractivity contribution in [1.29, 1.82) is 0 Å². The van der Waals surface area contributed by atoms with E-state index in [1.165, 1.54) is 4.90 Å². The van der Waals surface area contributed by atoms with E-state index in [2.05, 4.69) is 4.98 Å². The average Bonchev–Trinajstić information content (AvgIpc) is 2.92. The number of benzene rings is 1.